The quantitative estimate of drug-likeness (QED) is 0.764. The van der Waals surface area contributed by atoms with E-state index in [0.29, 0.717) is 23.3 Å². The minimum Gasteiger partial charge on any atom is -0.442 e. The highest BCUT2D eigenvalue weighted by atomic mass is 79.9. The summed E-state index contributed by atoms with van der Waals surface area (Å²) < 4.78 is 11.1. The molecular weight excluding hydrogens is 362 g/mol. The van der Waals surface area contributed by atoms with Crippen LogP contribution in [-0.4, -0.2) is 29.9 Å². The third-order valence-corrected chi connectivity index (χ3v) is 4.17. The van der Waals surface area contributed by atoms with Crippen molar-refractivity contribution in [3.8, 4) is 0 Å². The number of nitrogens with zero attached hydrogens (tertiary/aromatic N) is 1. The average Bonchev–Trinajstić information content (AvgIpc) is 3.24. The Morgan fingerprint density at radius 3 is 2.39 bits per heavy atom. The van der Waals surface area contributed by atoms with Crippen LogP contribution in [0.3, 0.4) is 0 Å². The maximum Gasteiger partial charge on any atom is 0.375 e. The van der Waals surface area contributed by atoms with E-state index in [0.717, 1.165) is 12.8 Å². The lowest BCUT2D eigenvalue weighted by atomic mass is 10.1. The van der Waals surface area contributed by atoms with Crippen LogP contribution in [0, 0.1) is 0 Å². The summed E-state index contributed by atoms with van der Waals surface area (Å²) >= 11 is 3.14. The predicted octanol–water partition coefficient (Wildman–Crippen LogP) is 3.56. The minimum atomic E-state index is -0.953. The van der Waals surface area contributed by atoms with Crippen molar-refractivity contribution in [3.63, 3.8) is 0 Å². The molecule has 0 N–H and O–H groups in total. The first-order chi connectivity index (χ1) is 11.1. The number of carbonyl (C=O) groups excluding carboxylic acids is 2. The van der Waals surface area contributed by atoms with E-state index in [2.05, 4.69) is 15.9 Å². The van der Waals surface area contributed by atoms with E-state index in [9.17, 15) is 9.59 Å². The Morgan fingerprint density at radius 1 is 1.09 bits per heavy atom. The van der Waals surface area contributed by atoms with Crippen molar-refractivity contribution < 1.29 is 18.7 Å². The Bertz CT molecular complexity index is 692. The third-order valence-electron chi connectivity index (χ3n) is 3.74. The predicted molar refractivity (Wildman–Crippen MR) is 86.8 cm³/mol. The molecule has 0 spiro atoms. The van der Waals surface area contributed by atoms with Crippen LogP contribution < -0.4 is 0 Å². The lowest BCUT2D eigenvalue weighted by Gasteiger charge is -2.23. The molecule has 23 heavy (non-hydrogen) atoms. The smallest absolute Gasteiger partial charge is 0.375 e. The van der Waals surface area contributed by atoms with Crippen molar-refractivity contribution in [1.29, 1.82) is 0 Å². The van der Waals surface area contributed by atoms with E-state index < -0.39 is 12.1 Å². The van der Waals surface area contributed by atoms with Gasteiger partial charge in [-0.1, -0.05) is 30.3 Å². The van der Waals surface area contributed by atoms with Crippen LogP contribution in [-0.2, 0) is 9.53 Å². The van der Waals surface area contributed by atoms with Gasteiger partial charge in [0.25, 0.3) is 5.91 Å². The molecule has 1 saturated heterocycles. The van der Waals surface area contributed by atoms with Crippen molar-refractivity contribution in [2.45, 2.75) is 18.9 Å². The first-order valence-electron chi connectivity index (χ1n) is 7.45. The summed E-state index contributed by atoms with van der Waals surface area (Å²) in [4.78, 5) is 26.7. The van der Waals surface area contributed by atoms with Gasteiger partial charge in [-0.05, 0) is 40.9 Å². The number of furan rings is 1. The molecule has 120 valence electrons. The molecule has 5 nitrogen and oxygen atoms in total. The van der Waals surface area contributed by atoms with E-state index in [1.807, 2.05) is 18.2 Å². The summed E-state index contributed by atoms with van der Waals surface area (Å²) in [7, 11) is 0. The lowest BCUT2D eigenvalue weighted by molar-refractivity contribution is -0.140. The van der Waals surface area contributed by atoms with E-state index >= 15 is 0 Å². The fourth-order valence-electron chi connectivity index (χ4n) is 2.58. The number of halogens is 1. The highest BCUT2D eigenvalue weighted by molar-refractivity contribution is 9.10. The number of hydrogen-bond donors (Lipinski definition) is 0. The molecule has 0 radical (unpaired) electrons. The number of rotatable bonds is 4. The molecule has 3 rings (SSSR count). The summed E-state index contributed by atoms with van der Waals surface area (Å²) in [6, 6.07) is 12.2. The van der Waals surface area contributed by atoms with Gasteiger partial charge in [0.05, 0.1) is 0 Å². The number of esters is 1. The maximum atomic E-state index is 12.7. The molecular formula is C17H16BrNO4. The molecule has 0 saturated carbocycles. The Balaban J connectivity index is 1.83. The van der Waals surface area contributed by atoms with Crippen LogP contribution in [0.4, 0.5) is 0 Å². The molecule has 1 aromatic heterocycles. The fraction of sp³-hybridized carbons (Fsp3) is 0.294. The first-order valence-corrected chi connectivity index (χ1v) is 8.24. The molecule has 0 unspecified atom stereocenters. The number of ether oxygens (including phenoxy) is 1. The van der Waals surface area contributed by atoms with E-state index in [1.54, 1.807) is 23.1 Å². The van der Waals surface area contributed by atoms with Gasteiger partial charge >= 0.3 is 5.97 Å². The second-order valence-corrected chi connectivity index (χ2v) is 6.11. The van der Waals surface area contributed by atoms with Crippen LogP contribution in [0.1, 0.15) is 35.1 Å². The summed E-state index contributed by atoms with van der Waals surface area (Å²) in [5, 5.41) is 0. The monoisotopic (exact) mass is 377 g/mol. The highest BCUT2D eigenvalue weighted by Crippen LogP contribution is 2.25. The van der Waals surface area contributed by atoms with E-state index in [1.165, 1.54) is 6.07 Å². The normalized spacial score (nSPS) is 15.4. The minimum absolute atomic E-state index is 0.0621. The van der Waals surface area contributed by atoms with Gasteiger partial charge in [-0.25, -0.2) is 4.79 Å². The summed E-state index contributed by atoms with van der Waals surface area (Å²) in [6.45, 7) is 1.40. The molecule has 1 aromatic carbocycles. The number of likely N-dealkylation sites (tertiary alicyclic amines) is 1. The van der Waals surface area contributed by atoms with Crippen molar-refractivity contribution in [2.24, 2.45) is 0 Å². The number of carbonyl (C=O) groups is 2. The largest absolute Gasteiger partial charge is 0.442 e. The van der Waals surface area contributed by atoms with Gasteiger partial charge in [-0.15, -0.1) is 0 Å². The Labute approximate surface area is 142 Å². The second kappa shape index (κ2) is 7.00. The summed E-state index contributed by atoms with van der Waals surface area (Å²) in [5.74, 6) is -0.781. The topological polar surface area (TPSA) is 59.8 Å². The molecule has 0 aliphatic carbocycles. The van der Waals surface area contributed by atoms with Crippen molar-refractivity contribution in [3.05, 3.63) is 58.5 Å². The number of amides is 1. The van der Waals surface area contributed by atoms with Gasteiger partial charge in [0.2, 0.25) is 11.9 Å². The molecule has 1 aliphatic heterocycles. The van der Waals surface area contributed by atoms with Crippen LogP contribution in [0.15, 0.2) is 51.6 Å². The Kier molecular flexibility index (Phi) is 4.81. The molecule has 6 heteroatoms. The maximum absolute atomic E-state index is 12.7. The highest BCUT2D eigenvalue weighted by Gasteiger charge is 2.31. The molecule has 2 heterocycles. The summed E-state index contributed by atoms with van der Waals surface area (Å²) in [5.41, 5.74) is 0.656. The van der Waals surface area contributed by atoms with Gasteiger partial charge < -0.3 is 14.1 Å². The SMILES string of the molecule is O=C(O[C@@H](C(=O)N1CCCC1)c1ccccc1)c1ccc(Br)o1. The number of benzene rings is 1. The van der Waals surface area contributed by atoms with Gasteiger partial charge in [0.15, 0.2) is 4.67 Å². The van der Waals surface area contributed by atoms with Crippen LogP contribution in [0.5, 0.6) is 0 Å². The number of hydrogen-bond acceptors (Lipinski definition) is 4. The van der Waals surface area contributed by atoms with Crippen molar-refractivity contribution in [2.75, 3.05) is 13.1 Å². The Hall–Kier alpha value is -2.08. The molecule has 2 aromatic rings. The van der Waals surface area contributed by atoms with Gasteiger partial charge in [0.1, 0.15) is 0 Å². The van der Waals surface area contributed by atoms with Gasteiger partial charge in [-0.3, -0.25) is 4.79 Å². The molecule has 1 fully saturated rings. The average molecular weight is 378 g/mol. The molecule has 0 bridgehead atoms. The zero-order chi connectivity index (χ0) is 16.2. The van der Waals surface area contributed by atoms with E-state index in [4.69, 9.17) is 9.15 Å². The molecule has 1 atom stereocenters. The first kappa shape index (κ1) is 15.8. The zero-order valence-electron chi connectivity index (χ0n) is 12.4. The van der Waals surface area contributed by atoms with Crippen molar-refractivity contribution >= 4 is 27.8 Å². The lowest BCUT2D eigenvalue weighted by Crippen LogP contribution is -2.34. The second-order valence-electron chi connectivity index (χ2n) is 5.33. The third kappa shape index (κ3) is 3.64. The van der Waals surface area contributed by atoms with Gasteiger partial charge in [-0.2, -0.15) is 0 Å². The standard InChI is InChI=1S/C17H16BrNO4/c18-14-9-8-13(22-14)17(21)23-15(12-6-2-1-3-7-12)16(20)19-10-4-5-11-19/h1-3,6-9,15H,4-5,10-11H2/t15-/m1/s1. The van der Waals surface area contributed by atoms with Crippen LogP contribution in [0.2, 0.25) is 0 Å². The zero-order valence-corrected chi connectivity index (χ0v) is 14.0. The fourth-order valence-corrected chi connectivity index (χ4v) is 2.89. The van der Waals surface area contributed by atoms with Gasteiger partial charge in [0, 0.05) is 18.7 Å². The molecule has 1 amide bonds. The van der Waals surface area contributed by atoms with Crippen molar-refractivity contribution in [1.82, 2.24) is 4.90 Å². The Morgan fingerprint density at radius 2 is 1.78 bits per heavy atom. The summed E-state index contributed by atoms with van der Waals surface area (Å²) in [6.07, 6.45) is 1.00. The van der Waals surface area contributed by atoms with Crippen LogP contribution in [0.25, 0.3) is 0 Å². The molecule has 1 aliphatic rings. The van der Waals surface area contributed by atoms with E-state index in [-0.39, 0.29) is 11.7 Å². The van der Waals surface area contributed by atoms with Crippen LogP contribution >= 0.6 is 15.9 Å².